The van der Waals surface area contributed by atoms with Gasteiger partial charge in [0.25, 0.3) is 5.56 Å². The maximum Gasteiger partial charge on any atom is 0.258 e. The number of hydrogen-bond donors (Lipinski definition) is 1. The van der Waals surface area contributed by atoms with Crippen molar-refractivity contribution in [3.63, 3.8) is 0 Å². The Hall–Kier alpha value is -3.32. The van der Waals surface area contributed by atoms with Crippen molar-refractivity contribution in [2.75, 3.05) is 0 Å². The molecule has 142 valence electrons. The van der Waals surface area contributed by atoms with Crippen LogP contribution in [0.5, 0.6) is 5.88 Å². The molecular weight excluding hydrogens is 436 g/mol. The number of aromatic nitrogens is 2. The van der Waals surface area contributed by atoms with Crippen molar-refractivity contribution in [2.24, 2.45) is 0 Å². The Balaban J connectivity index is 1.83. The highest BCUT2D eigenvalue weighted by Gasteiger charge is 2.44. The highest BCUT2D eigenvalue weighted by molar-refractivity contribution is 9.10. The van der Waals surface area contributed by atoms with E-state index < -0.39 is 11.5 Å². The number of benzene rings is 2. The SMILES string of the molecule is Cc1nc2c(c(=O)[nH]1)C(c1ccc(Br)cc1)C1=C(O2)C(=O)c2ccccc2C1=O. The molecule has 0 radical (unpaired) electrons. The van der Waals surface area contributed by atoms with Gasteiger partial charge in [-0.15, -0.1) is 0 Å². The molecule has 0 bridgehead atoms. The second-order valence-electron chi connectivity index (χ2n) is 6.90. The molecule has 0 saturated heterocycles. The minimum Gasteiger partial charge on any atom is -0.434 e. The number of carbonyl (C=O) groups is 2. The first-order valence-corrected chi connectivity index (χ1v) is 9.71. The third-order valence-corrected chi connectivity index (χ3v) is 5.66. The molecule has 5 rings (SSSR count). The maximum absolute atomic E-state index is 13.4. The van der Waals surface area contributed by atoms with Gasteiger partial charge in [-0.1, -0.05) is 52.3 Å². The Labute approximate surface area is 173 Å². The van der Waals surface area contributed by atoms with Gasteiger partial charge >= 0.3 is 0 Å². The number of Topliss-reactive ketones (excluding diaryl/α,β-unsaturated/α-hetero) is 2. The molecule has 0 spiro atoms. The van der Waals surface area contributed by atoms with Crippen LogP contribution in [-0.2, 0) is 0 Å². The summed E-state index contributed by atoms with van der Waals surface area (Å²) in [6.07, 6.45) is 0. The van der Waals surface area contributed by atoms with Gasteiger partial charge in [0.15, 0.2) is 11.5 Å². The molecule has 6 nitrogen and oxygen atoms in total. The van der Waals surface area contributed by atoms with Crippen molar-refractivity contribution < 1.29 is 14.3 Å². The molecule has 1 aromatic heterocycles. The van der Waals surface area contributed by atoms with Crippen molar-refractivity contribution in [3.8, 4) is 5.88 Å². The van der Waals surface area contributed by atoms with Crippen LogP contribution in [0, 0.1) is 6.92 Å². The van der Waals surface area contributed by atoms with Gasteiger partial charge < -0.3 is 9.72 Å². The van der Waals surface area contributed by atoms with Gasteiger partial charge in [0, 0.05) is 15.6 Å². The third-order valence-electron chi connectivity index (χ3n) is 5.13. The van der Waals surface area contributed by atoms with Crippen molar-refractivity contribution >= 4 is 27.5 Å². The highest BCUT2D eigenvalue weighted by atomic mass is 79.9. The summed E-state index contributed by atoms with van der Waals surface area (Å²) in [5, 5.41) is 0. The number of aryl methyl sites for hydroxylation is 1. The average Bonchev–Trinajstić information content (AvgIpc) is 2.71. The van der Waals surface area contributed by atoms with Gasteiger partial charge in [-0.25, -0.2) is 0 Å². The highest BCUT2D eigenvalue weighted by Crippen LogP contribution is 2.45. The lowest BCUT2D eigenvalue weighted by Crippen LogP contribution is -2.35. The van der Waals surface area contributed by atoms with E-state index in [1.807, 2.05) is 24.3 Å². The van der Waals surface area contributed by atoms with E-state index in [0.29, 0.717) is 17.0 Å². The molecule has 3 aromatic rings. The minimum absolute atomic E-state index is 0.0541. The van der Waals surface area contributed by atoms with Gasteiger partial charge in [-0.05, 0) is 24.6 Å². The first-order chi connectivity index (χ1) is 14.0. The smallest absolute Gasteiger partial charge is 0.258 e. The zero-order valence-electron chi connectivity index (χ0n) is 15.2. The van der Waals surface area contributed by atoms with Crippen LogP contribution >= 0.6 is 15.9 Å². The molecule has 0 fully saturated rings. The Bertz CT molecular complexity index is 1310. The lowest BCUT2D eigenvalue weighted by molar-refractivity contribution is 0.0924. The van der Waals surface area contributed by atoms with Crippen LogP contribution in [0.15, 0.2) is 69.1 Å². The maximum atomic E-state index is 13.4. The van der Waals surface area contributed by atoms with Gasteiger partial charge in [0.05, 0.1) is 17.1 Å². The van der Waals surface area contributed by atoms with Gasteiger partial charge in [0.1, 0.15) is 5.82 Å². The predicted molar refractivity (Wildman–Crippen MR) is 108 cm³/mol. The van der Waals surface area contributed by atoms with E-state index in [1.54, 1.807) is 31.2 Å². The van der Waals surface area contributed by atoms with E-state index in [4.69, 9.17) is 4.74 Å². The number of aromatic amines is 1. The van der Waals surface area contributed by atoms with Crippen LogP contribution in [0.3, 0.4) is 0 Å². The van der Waals surface area contributed by atoms with E-state index in [-0.39, 0.29) is 39.9 Å². The first-order valence-electron chi connectivity index (χ1n) is 8.92. The fraction of sp³-hybridized carbons (Fsp3) is 0.0909. The van der Waals surface area contributed by atoms with Crippen LogP contribution in [0.25, 0.3) is 0 Å². The van der Waals surface area contributed by atoms with E-state index >= 15 is 0 Å². The molecule has 1 aliphatic carbocycles. The average molecular weight is 449 g/mol. The number of ether oxygens (including phenoxy) is 1. The molecule has 0 saturated carbocycles. The van der Waals surface area contributed by atoms with Crippen LogP contribution < -0.4 is 10.3 Å². The van der Waals surface area contributed by atoms with E-state index in [1.165, 1.54) is 0 Å². The zero-order valence-corrected chi connectivity index (χ0v) is 16.7. The van der Waals surface area contributed by atoms with E-state index in [0.717, 1.165) is 4.47 Å². The molecule has 1 aliphatic heterocycles. The Morgan fingerprint density at radius 1 is 0.966 bits per heavy atom. The molecule has 0 amide bonds. The summed E-state index contributed by atoms with van der Waals surface area (Å²) < 4.78 is 6.64. The normalized spacial score (nSPS) is 17.4. The predicted octanol–water partition coefficient (Wildman–Crippen LogP) is 3.70. The second kappa shape index (κ2) is 6.35. The number of nitrogens with zero attached hydrogens (tertiary/aromatic N) is 1. The molecule has 29 heavy (non-hydrogen) atoms. The summed E-state index contributed by atoms with van der Waals surface area (Å²) >= 11 is 3.40. The largest absolute Gasteiger partial charge is 0.434 e. The van der Waals surface area contributed by atoms with Gasteiger partial charge in [-0.3, -0.25) is 14.4 Å². The standard InChI is InChI=1S/C22H13BrN2O4/c1-10-24-21(28)17-15(11-6-8-12(23)9-7-11)16-18(26)13-4-2-3-5-14(13)19(27)20(16)29-22(17)25-10/h2-9,15H,1H3,(H,24,25,28). The summed E-state index contributed by atoms with van der Waals surface area (Å²) in [7, 11) is 0. The Morgan fingerprint density at radius 3 is 2.31 bits per heavy atom. The Kier molecular flexibility index (Phi) is 3.89. The molecular formula is C22H13BrN2O4. The van der Waals surface area contributed by atoms with Crippen LogP contribution in [0.4, 0.5) is 0 Å². The molecule has 2 heterocycles. The first kappa shape index (κ1) is 17.8. The second-order valence-corrected chi connectivity index (χ2v) is 7.82. The number of rotatable bonds is 1. The molecule has 2 aliphatic rings. The number of nitrogens with one attached hydrogen (secondary N) is 1. The quantitative estimate of drug-likeness (QED) is 0.612. The summed E-state index contributed by atoms with van der Waals surface area (Å²) in [6, 6.07) is 13.9. The van der Waals surface area contributed by atoms with Gasteiger partial charge in [0.2, 0.25) is 11.7 Å². The summed E-state index contributed by atoms with van der Waals surface area (Å²) in [5.41, 5.74) is 1.28. The number of allylic oxidation sites excluding steroid dienone is 2. The number of fused-ring (bicyclic) bond motifs is 2. The topological polar surface area (TPSA) is 89.1 Å². The molecule has 1 unspecified atom stereocenters. The lowest BCUT2D eigenvalue weighted by atomic mass is 9.75. The minimum atomic E-state index is -0.761. The van der Waals surface area contributed by atoms with Crippen LogP contribution in [0.2, 0.25) is 0 Å². The van der Waals surface area contributed by atoms with Crippen molar-refractivity contribution in [1.82, 2.24) is 9.97 Å². The third kappa shape index (κ3) is 2.61. The summed E-state index contributed by atoms with van der Waals surface area (Å²) in [4.78, 5) is 46.4. The molecule has 1 atom stereocenters. The Morgan fingerprint density at radius 2 is 1.62 bits per heavy atom. The molecule has 7 heteroatoms. The number of hydrogen-bond acceptors (Lipinski definition) is 5. The van der Waals surface area contributed by atoms with Gasteiger partial charge in [-0.2, -0.15) is 4.98 Å². The summed E-state index contributed by atoms with van der Waals surface area (Å²) in [6.45, 7) is 1.63. The fourth-order valence-electron chi connectivity index (χ4n) is 3.87. The van der Waals surface area contributed by atoms with Crippen LogP contribution in [0.1, 0.15) is 43.6 Å². The monoisotopic (exact) mass is 448 g/mol. The number of H-pyrrole nitrogens is 1. The fourth-order valence-corrected chi connectivity index (χ4v) is 4.13. The van der Waals surface area contributed by atoms with E-state index in [2.05, 4.69) is 25.9 Å². The van der Waals surface area contributed by atoms with Crippen molar-refractivity contribution in [1.29, 1.82) is 0 Å². The number of carbonyl (C=O) groups excluding carboxylic acids is 2. The van der Waals surface area contributed by atoms with Crippen molar-refractivity contribution in [3.05, 3.63) is 103 Å². The number of halogens is 1. The number of ketones is 2. The van der Waals surface area contributed by atoms with Crippen LogP contribution in [-0.4, -0.2) is 21.5 Å². The van der Waals surface area contributed by atoms with Crippen molar-refractivity contribution in [2.45, 2.75) is 12.8 Å². The van der Waals surface area contributed by atoms with E-state index in [9.17, 15) is 14.4 Å². The molecule has 1 N–H and O–H groups in total. The summed E-state index contributed by atoms with van der Waals surface area (Å²) in [5.74, 6) is -1.12. The zero-order chi connectivity index (χ0) is 20.3. The lowest BCUT2D eigenvalue weighted by Gasteiger charge is -2.31. The molecule has 2 aromatic carbocycles.